The second-order valence-corrected chi connectivity index (χ2v) is 4.23. The molecule has 1 atom stereocenters. The van der Waals surface area contributed by atoms with Gasteiger partial charge >= 0.3 is 5.97 Å². The summed E-state index contributed by atoms with van der Waals surface area (Å²) in [6.07, 6.45) is -1.50. The first-order valence-corrected chi connectivity index (χ1v) is 5.55. The smallest absolute Gasteiger partial charge is 0.339 e. The van der Waals surface area contributed by atoms with E-state index >= 15 is 0 Å². The van der Waals surface area contributed by atoms with Crippen LogP contribution in [-0.4, -0.2) is 30.4 Å². The number of aromatic hydroxyl groups is 1. The minimum absolute atomic E-state index is 0.0589. The van der Waals surface area contributed by atoms with Crippen LogP contribution < -0.4 is 4.74 Å². The molecule has 0 radical (unpaired) electrons. The van der Waals surface area contributed by atoms with E-state index < -0.39 is 12.1 Å². The fourth-order valence-electron chi connectivity index (χ4n) is 1.50. The zero-order valence-corrected chi connectivity index (χ0v) is 11.2. The van der Waals surface area contributed by atoms with E-state index in [0.29, 0.717) is 10.0 Å². The Morgan fingerprint density at radius 2 is 2.06 bits per heavy atom. The van der Waals surface area contributed by atoms with Gasteiger partial charge < -0.3 is 19.7 Å². The number of aliphatic hydroxyl groups excluding tert-OH is 1. The van der Waals surface area contributed by atoms with Gasteiger partial charge in [-0.2, -0.15) is 0 Å². The first-order chi connectivity index (χ1) is 7.93. The Balaban J connectivity index is 3.44. The highest BCUT2D eigenvalue weighted by atomic mass is 79.9. The molecule has 0 aliphatic carbocycles. The van der Waals surface area contributed by atoms with Crippen molar-refractivity contribution in [3.63, 3.8) is 0 Å². The lowest BCUT2D eigenvalue weighted by Gasteiger charge is -2.17. The van der Waals surface area contributed by atoms with Crippen LogP contribution in [0.25, 0.3) is 0 Å². The van der Waals surface area contributed by atoms with Crippen molar-refractivity contribution < 1.29 is 24.5 Å². The van der Waals surface area contributed by atoms with E-state index in [1.165, 1.54) is 20.3 Å². The van der Waals surface area contributed by atoms with Crippen LogP contribution in [0.15, 0.2) is 10.5 Å². The van der Waals surface area contributed by atoms with E-state index in [4.69, 9.17) is 4.74 Å². The Morgan fingerprint density at radius 3 is 2.53 bits per heavy atom. The van der Waals surface area contributed by atoms with Crippen molar-refractivity contribution in [3.8, 4) is 11.5 Å². The summed E-state index contributed by atoms with van der Waals surface area (Å²) in [6, 6.07) is 1.43. The molecule has 0 amide bonds. The number of hydrogen-bond acceptors (Lipinski definition) is 5. The van der Waals surface area contributed by atoms with Gasteiger partial charge in [0.05, 0.1) is 14.2 Å². The molecule has 17 heavy (non-hydrogen) atoms. The quantitative estimate of drug-likeness (QED) is 0.831. The highest BCUT2D eigenvalue weighted by Crippen LogP contribution is 2.40. The number of rotatable bonds is 3. The van der Waals surface area contributed by atoms with E-state index in [1.807, 2.05) is 0 Å². The van der Waals surface area contributed by atoms with Crippen molar-refractivity contribution in [3.05, 3.63) is 21.7 Å². The first-order valence-electron chi connectivity index (χ1n) is 4.75. The van der Waals surface area contributed by atoms with E-state index in [1.54, 1.807) is 6.92 Å². The van der Waals surface area contributed by atoms with E-state index in [-0.39, 0.29) is 17.1 Å². The second-order valence-electron chi connectivity index (χ2n) is 3.38. The number of phenols is 1. The van der Waals surface area contributed by atoms with Crippen molar-refractivity contribution in [2.45, 2.75) is 13.0 Å². The number of phenolic OH excluding ortho intramolecular Hbond substituents is 1. The van der Waals surface area contributed by atoms with Crippen molar-refractivity contribution in [2.75, 3.05) is 14.2 Å². The average Bonchev–Trinajstić information content (AvgIpc) is 2.31. The maximum atomic E-state index is 11.3. The largest absolute Gasteiger partial charge is 0.504 e. The topological polar surface area (TPSA) is 76.0 Å². The van der Waals surface area contributed by atoms with Gasteiger partial charge in [0.1, 0.15) is 0 Å². The predicted molar refractivity (Wildman–Crippen MR) is 64.1 cm³/mol. The van der Waals surface area contributed by atoms with E-state index in [0.717, 1.165) is 0 Å². The number of carbonyl (C=O) groups excluding carboxylic acids is 1. The fourth-order valence-corrected chi connectivity index (χ4v) is 1.93. The monoisotopic (exact) mass is 304 g/mol. The number of halogens is 1. The Bertz CT molecular complexity index is 444. The van der Waals surface area contributed by atoms with Gasteiger partial charge in [0.25, 0.3) is 0 Å². The number of methoxy groups -OCH3 is 2. The third-order valence-corrected chi connectivity index (χ3v) is 3.23. The molecule has 0 bridgehead atoms. The molecule has 1 rings (SSSR count). The lowest BCUT2D eigenvalue weighted by atomic mass is 10.0. The molecule has 0 aliphatic heterocycles. The fraction of sp³-hybridized carbons (Fsp3) is 0.364. The molecule has 5 nitrogen and oxygen atoms in total. The third-order valence-electron chi connectivity index (χ3n) is 2.40. The summed E-state index contributed by atoms with van der Waals surface area (Å²) < 4.78 is 10.0. The third kappa shape index (κ3) is 2.53. The van der Waals surface area contributed by atoms with Gasteiger partial charge in [-0.25, -0.2) is 4.79 Å². The number of esters is 1. The maximum Gasteiger partial charge on any atom is 0.339 e. The zero-order chi connectivity index (χ0) is 13.2. The summed E-state index contributed by atoms with van der Waals surface area (Å²) in [5, 5.41) is 19.5. The van der Waals surface area contributed by atoms with Crippen LogP contribution in [-0.2, 0) is 9.53 Å². The molecule has 1 aromatic rings. The molecule has 2 N–H and O–H groups in total. The van der Waals surface area contributed by atoms with Gasteiger partial charge in [-0.3, -0.25) is 0 Å². The lowest BCUT2D eigenvalue weighted by molar-refractivity contribution is -0.150. The molecular weight excluding hydrogens is 292 g/mol. The summed E-state index contributed by atoms with van der Waals surface area (Å²) in [4.78, 5) is 11.3. The van der Waals surface area contributed by atoms with Gasteiger partial charge in [-0.05, 0) is 18.6 Å². The molecule has 0 aromatic heterocycles. The van der Waals surface area contributed by atoms with Crippen molar-refractivity contribution in [2.24, 2.45) is 0 Å². The Hall–Kier alpha value is -1.27. The van der Waals surface area contributed by atoms with Crippen LogP contribution in [0.3, 0.4) is 0 Å². The van der Waals surface area contributed by atoms with Crippen LogP contribution in [0.1, 0.15) is 17.2 Å². The predicted octanol–water partition coefficient (Wildman–Crippen LogP) is 1.68. The van der Waals surface area contributed by atoms with Crippen molar-refractivity contribution >= 4 is 21.9 Å². The van der Waals surface area contributed by atoms with Crippen LogP contribution in [0.4, 0.5) is 0 Å². The van der Waals surface area contributed by atoms with Crippen molar-refractivity contribution in [1.82, 2.24) is 0 Å². The normalized spacial score (nSPS) is 12.1. The summed E-state index contributed by atoms with van der Waals surface area (Å²) in [6.45, 7) is 1.69. The molecule has 1 unspecified atom stereocenters. The minimum Gasteiger partial charge on any atom is -0.504 e. The van der Waals surface area contributed by atoms with E-state index in [9.17, 15) is 15.0 Å². The van der Waals surface area contributed by atoms with Gasteiger partial charge in [0.2, 0.25) is 0 Å². The van der Waals surface area contributed by atoms with Gasteiger partial charge in [-0.15, -0.1) is 0 Å². The Morgan fingerprint density at radius 1 is 1.47 bits per heavy atom. The maximum absolute atomic E-state index is 11.3. The Labute approximate surface area is 107 Å². The minimum atomic E-state index is -1.50. The van der Waals surface area contributed by atoms with Crippen LogP contribution in [0.5, 0.6) is 11.5 Å². The molecular formula is C11H13BrO5. The number of benzene rings is 1. The standard InChI is InChI=1S/C11H13BrO5/c1-5-6(12)4-7(13)10(16-2)8(5)9(14)11(15)17-3/h4,9,13-14H,1-3H3. The van der Waals surface area contributed by atoms with Crippen LogP contribution >= 0.6 is 15.9 Å². The molecule has 6 heteroatoms. The average molecular weight is 305 g/mol. The van der Waals surface area contributed by atoms with Crippen LogP contribution in [0, 0.1) is 6.92 Å². The lowest BCUT2D eigenvalue weighted by Crippen LogP contribution is -2.16. The molecule has 0 saturated carbocycles. The first kappa shape index (κ1) is 13.8. The summed E-state index contributed by atoms with van der Waals surface area (Å²) >= 11 is 3.22. The molecule has 0 heterocycles. The van der Waals surface area contributed by atoms with Crippen LogP contribution in [0.2, 0.25) is 0 Å². The molecule has 94 valence electrons. The number of ether oxygens (including phenoxy) is 2. The SMILES string of the molecule is COC(=O)C(O)c1c(C)c(Br)cc(O)c1OC. The van der Waals surface area contributed by atoms with Gasteiger partial charge in [-0.1, -0.05) is 15.9 Å². The number of hydrogen-bond donors (Lipinski definition) is 2. The number of carbonyl (C=O) groups is 1. The highest BCUT2D eigenvalue weighted by Gasteiger charge is 2.27. The molecule has 1 aromatic carbocycles. The number of aliphatic hydroxyl groups is 1. The molecule has 0 saturated heterocycles. The molecule has 0 fully saturated rings. The zero-order valence-electron chi connectivity index (χ0n) is 9.65. The van der Waals surface area contributed by atoms with E-state index in [2.05, 4.69) is 20.7 Å². The summed E-state index contributed by atoms with van der Waals surface area (Å²) in [7, 11) is 2.51. The van der Waals surface area contributed by atoms with Gasteiger partial charge in [0, 0.05) is 10.0 Å². The highest BCUT2D eigenvalue weighted by molar-refractivity contribution is 9.10. The summed E-state index contributed by atoms with van der Waals surface area (Å²) in [5.41, 5.74) is 0.781. The summed E-state index contributed by atoms with van der Waals surface area (Å²) in [5.74, 6) is -0.921. The van der Waals surface area contributed by atoms with Crippen molar-refractivity contribution in [1.29, 1.82) is 0 Å². The molecule has 0 spiro atoms. The van der Waals surface area contributed by atoms with Gasteiger partial charge in [0.15, 0.2) is 17.6 Å². The molecule has 0 aliphatic rings. The second kappa shape index (κ2) is 5.37. The Kier molecular flexibility index (Phi) is 4.36.